The van der Waals surface area contributed by atoms with Crippen LogP contribution in [0.15, 0.2) is 48.5 Å². The first-order valence-corrected chi connectivity index (χ1v) is 9.61. The van der Waals surface area contributed by atoms with Gasteiger partial charge in [0, 0.05) is 29.2 Å². The smallest absolute Gasteiger partial charge is 0.269 e. The molecule has 0 bridgehead atoms. The Hall–Kier alpha value is -3.33. The molecule has 0 unspecified atom stereocenters. The summed E-state index contributed by atoms with van der Waals surface area (Å²) in [6, 6.07) is 13.1. The number of methoxy groups -OCH3 is 1. The van der Waals surface area contributed by atoms with Gasteiger partial charge in [-0.15, -0.1) is 0 Å². The Labute approximate surface area is 164 Å². The third kappa shape index (κ3) is 3.20. The first kappa shape index (κ1) is 18.1. The Morgan fingerprint density at radius 2 is 1.96 bits per heavy atom. The van der Waals surface area contributed by atoms with Gasteiger partial charge in [-0.05, 0) is 24.3 Å². The molecule has 0 atom stereocenters. The van der Waals surface area contributed by atoms with Crippen molar-refractivity contribution in [3.63, 3.8) is 0 Å². The lowest BCUT2D eigenvalue weighted by molar-refractivity contribution is -0.384. The topological polar surface area (TPSA) is 99.3 Å². The number of fused-ring (bicyclic) bond motifs is 1. The number of rotatable bonds is 5. The Bertz CT molecular complexity index is 1060. The molecule has 1 N–H and O–H groups in total. The summed E-state index contributed by atoms with van der Waals surface area (Å²) in [5, 5.41) is 18.5. The largest absolute Gasteiger partial charge is 0.496 e. The number of carbonyl (C=O) groups excluding carboxylic acids is 1. The van der Waals surface area contributed by atoms with Gasteiger partial charge in [0.25, 0.3) is 11.6 Å². The predicted molar refractivity (Wildman–Crippen MR) is 106 cm³/mol. The summed E-state index contributed by atoms with van der Waals surface area (Å²) >= 11 is 1.72. The van der Waals surface area contributed by atoms with Gasteiger partial charge in [-0.2, -0.15) is 16.9 Å². The molecule has 1 aromatic heterocycles. The van der Waals surface area contributed by atoms with Crippen LogP contribution in [0.3, 0.4) is 0 Å². The van der Waals surface area contributed by atoms with Crippen molar-refractivity contribution >= 4 is 29.2 Å². The molecule has 0 spiro atoms. The van der Waals surface area contributed by atoms with E-state index in [0.717, 1.165) is 22.8 Å². The third-order valence-corrected chi connectivity index (χ3v) is 5.41. The number of nitro groups is 1. The average Bonchev–Trinajstić information content (AvgIpc) is 3.30. The van der Waals surface area contributed by atoms with Crippen molar-refractivity contribution in [2.45, 2.75) is 11.5 Å². The van der Waals surface area contributed by atoms with Crippen molar-refractivity contribution in [3.05, 3.63) is 75.5 Å². The van der Waals surface area contributed by atoms with E-state index in [9.17, 15) is 14.9 Å². The summed E-state index contributed by atoms with van der Waals surface area (Å²) in [6.07, 6.45) is 0. The van der Waals surface area contributed by atoms with Crippen LogP contribution in [-0.2, 0) is 11.5 Å². The summed E-state index contributed by atoms with van der Waals surface area (Å²) in [4.78, 5) is 23.3. The van der Waals surface area contributed by atoms with E-state index in [0.29, 0.717) is 22.8 Å². The number of amides is 1. The van der Waals surface area contributed by atoms with Crippen LogP contribution in [-0.4, -0.2) is 27.7 Å². The Morgan fingerprint density at radius 3 is 2.68 bits per heavy atom. The van der Waals surface area contributed by atoms with Crippen molar-refractivity contribution in [3.8, 4) is 11.4 Å². The maximum atomic E-state index is 12.9. The highest BCUT2D eigenvalue weighted by molar-refractivity contribution is 7.98. The number of nitro benzene ring substituents is 1. The minimum atomic E-state index is -0.451. The van der Waals surface area contributed by atoms with E-state index in [-0.39, 0.29) is 11.6 Å². The van der Waals surface area contributed by atoms with E-state index in [1.807, 2.05) is 0 Å². The number of nitrogens with one attached hydrogen (secondary N) is 1. The standard InChI is InChI=1S/C19H16N4O4S/c1-27-17-5-3-2-4-14(17)19(24)20-18-15-10-28-11-16(15)21-22(18)12-6-8-13(9-7-12)23(25)26/h2-9H,10-11H2,1H3,(H,20,24). The fourth-order valence-electron chi connectivity index (χ4n) is 3.05. The molecule has 0 aliphatic carbocycles. The first-order valence-electron chi connectivity index (χ1n) is 8.46. The van der Waals surface area contributed by atoms with Crippen molar-refractivity contribution in [2.24, 2.45) is 0 Å². The molecule has 8 nitrogen and oxygen atoms in total. The second-order valence-electron chi connectivity index (χ2n) is 6.11. The van der Waals surface area contributed by atoms with Gasteiger partial charge in [0.1, 0.15) is 11.6 Å². The van der Waals surface area contributed by atoms with Gasteiger partial charge in [-0.3, -0.25) is 14.9 Å². The number of non-ortho nitro benzene ring substituents is 1. The van der Waals surface area contributed by atoms with Crippen LogP contribution >= 0.6 is 11.8 Å². The number of hydrogen-bond acceptors (Lipinski definition) is 6. The van der Waals surface area contributed by atoms with Gasteiger partial charge >= 0.3 is 0 Å². The van der Waals surface area contributed by atoms with Crippen molar-refractivity contribution in [1.82, 2.24) is 9.78 Å². The molecule has 9 heteroatoms. The molecule has 3 aromatic rings. The van der Waals surface area contributed by atoms with Gasteiger partial charge in [0.15, 0.2) is 0 Å². The van der Waals surface area contributed by atoms with Gasteiger partial charge in [-0.1, -0.05) is 12.1 Å². The van der Waals surface area contributed by atoms with Crippen LogP contribution in [0.25, 0.3) is 5.69 Å². The summed E-state index contributed by atoms with van der Waals surface area (Å²) in [5.41, 5.74) is 2.92. The van der Waals surface area contributed by atoms with Crippen LogP contribution in [0, 0.1) is 10.1 Å². The first-order chi connectivity index (χ1) is 13.6. The summed E-state index contributed by atoms with van der Waals surface area (Å²) in [7, 11) is 1.52. The molecule has 0 radical (unpaired) electrons. The van der Waals surface area contributed by atoms with Gasteiger partial charge in [0.05, 0.1) is 29.0 Å². The summed E-state index contributed by atoms with van der Waals surface area (Å²) in [6.45, 7) is 0. The number of anilines is 1. The number of carbonyl (C=O) groups is 1. The number of hydrogen-bond donors (Lipinski definition) is 1. The molecular weight excluding hydrogens is 380 g/mol. The lowest BCUT2D eigenvalue weighted by atomic mass is 10.2. The zero-order valence-corrected chi connectivity index (χ0v) is 15.7. The molecule has 2 heterocycles. The lowest BCUT2D eigenvalue weighted by Gasteiger charge is -2.12. The van der Waals surface area contributed by atoms with Crippen LogP contribution in [0.4, 0.5) is 11.5 Å². The van der Waals surface area contributed by atoms with E-state index in [2.05, 4.69) is 10.4 Å². The van der Waals surface area contributed by atoms with E-state index < -0.39 is 4.92 Å². The number of aromatic nitrogens is 2. The highest BCUT2D eigenvalue weighted by Gasteiger charge is 2.26. The average molecular weight is 396 g/mol. The second kappa shape index (κ2) is 7.35. The lowest BCUT2D eigenvalue weighted by Crippen LogP contribution is -2.17. The van der Waals surface area contributed by atoms with Crippen LogP contribution in [0.1, 0.15) is 21.6 Å². The molecule has 0 saturated heterocycles. The quantitative estimate of drug-likeness (QED) is 0.520. The second-order valence-corrected chi connectivity index (χ2v) is 7.09. The van der Waals surface area contributed by atoms with E-state index in [1.165, 1.54) is 19.2 Å². The van der Waals surface area contributed by atoms with E-state index >= 15 is 0 Å². The van der Waals surface area contributed by atoms with Crippen molar-refractivity contribution in [2.75, 3.05) is 12.4 Å². The Kier molecular flexibility index (Phi) is 4.74. The van der Waals surface area contributed by atoms with Crippen LogP contribution < -0.4 is 10.1 Å². The maximum Gasteiger partial charge on any atom is 0.269 e. The number of benzene rings is 2. The van der Waals surface area contributed by atoms with Crippen LogP contribution in [0.5, 0.6) is 5.75 Å². The monoisotopic (exact) mass is 396 g/mol. The van der Waals surface area contributed by atoms with Crippen LogP contribution in [0.2, 0.25) is 0 Å². The zero-order valence-electron chi connectivity index (χ0n) is 14.9. The zero-order chi connectivity index (χ0) is 19.7. The molecular formula is C19H16N4O4S. The number of para-hydroxylation sites is 1. The molecule has 1 aliphatic rings. The van der Waals surface area contributed by atoms with Gasteiger partial charge in [0.2, 0.25) is 0 Å². The van der Waals surface area contributed by atoms with E-state index in [4.69, 9.17) is 4.74 Å². The minimum absolute atomic E-state index is 0.00129. The molecule has 142 valence electrons. The molecule has 1 amide bonds. The highest BCUT2D eigenvalue weighted by atomic mass is 32.2. The normalized spacial score (nSPS) is 12.5. The molecule has 28 heavy (non-hydrogen) atoms. The summed E-state index contributed by atoms with van der Waals surface area (Å²) in [5.74, 6) is 2.24. The minimum Gasteiger partial charge on any atom is -0.496 e. The molecule has 0 saturated carbocycles. The Balaban J connectivity index is 1.72. The maximum absolute atomic E-state index is 12.9. The van der Waals surface area contributed by atoms with Gasteiger partial charge < -0.3 is 10.1 Å². The highest BCUT2D eigenvalue weighted by Crippen LogP contribution is 2.36. The van der Waals surface area contributed by atoms with Crippen molar-refractivity contribution in [1.29, 1.82) is 0 Å². The fraction of sp³-hybridized carbons (Fsp3) is 0.158. The molecule has 4 rings (SSSR count). The molecule has 1 aliphatic heterocycles. The fourth-order valence-corrected chi connectivity index (χ4v) is 4.09. The summed E-state index contributed by atoms with van der Waals surface area (Å²) < 4.78 is 6.90. The third-order valence-electron chi connectivity index (χ3n) is 4.44. The SMILES string of the molecule is COc1ccccc1C(=O)Nc1c2c(nn1-c1ccc([N+](=O)[O-])cc1)CSC2. The predicted octanol–water partition coefficient (Wildman–Crippen LogP) is 3.79. The molecule has 2 aromatic carbocycles. The molecule has 0 fully saturated rings. The van der Waals surface area contributed by atoms with E-state index in [1.54, 1.807) is 52.8 Å². The Morgan fingerprint density at radius 1 is 1.21 bits per heavy atom. The number of thioether (sulfide) groups is 1. The van der Waals surface area contributed by atoms with Crippen molar-refractivity contribution < 1.29 is 14.5 Å². The number of nitrogens with zero attached hydrogens (tertiary/aromatic N) is 3. The van der Waals surface area contributed by atoms with Gasteiger partial charge in [-0.25, -0.2) is 4.68 Å². The number of ether oxygens (including phenoxy) is 1.